The molecule has 4 rings (SSSR count). The molecule has 0 amide bonds. The average Bonchev–Trinajstić information content (AvgIpc) is 3.25. The molecule has 3 fully saturated rings. The molecule has 1 aromatic carbocycles. The van der Waals surface area contributed by atoms with Gasteiger partial charge < -0.3 is 19.3 Å². The van der Waals surface area contributed by atoms with Crippen LogP contribution in [0.2, 0.25) is 0 Å². The zero-order valence-electron chi connectivity index (χ0n) is 15.1. The van der Waals surface area contributed by atoms with Crippen LogP contribution in [-0.4, -0.2) is 46.4 Å². The van der Waals surface area contributed by atoms with E-state index < -0.39 is 0 Å². The van der Waals surface area contributed by atoms with Crippen LogP contribution < -0.4 is 19.3 Å². The van der Waals surface area contributed by atoms with Gasteiger partial charge in [-0.1, -0.05) is 0 Å². The van der Waals surface area contributed by atoms with E-state index >= 15 is 0 Å². The molecule has 4 heteroatoms. The number of benzene rings is 1. The number of ether oxygens (including phenoxy) is 2. The van der Waals surface area contributed by atoms with E-state index in [1.165, 1.54) is 57.4 Å². The van der Waals surface area contributed by atoms with Crippen LogP contribution in [0.25, 0.3) is 0 Å². The van der Waals surface area contributed by atoms with Crippen molar-refractivity contribution in [2.24, 2.45) is 11.8 Å². The first kappa shape index (κ1) is 16.2. The predicted octanol–water partition coefficient (Wildman–Crippen LogP) is 0.176. The van der Waals surface area contributed by atoms with Crippen molar-refractivity contribution >= 4 is 0 Å². The Balaban J connectivity index is 1.32. The fourth-order valence-corrected chi connectivity index (χ4v) is 5.50. The molecule has 0 spiro atoms. The van der Waals surface area contributed by atoms with Crippen molar-refractivity contribution in [2.45, 2.75) is 38.3 Å². The first-order chi connectivity index (χ1) is 11.8. The normalized spacial score (nSPS) is 35.2. The molecule has 1 saturated heterocycles. The summed E-state index contributed by atoms with van der Waals surface area (Å²) < 4.78 is 10.8. The van der Waals surface area contributed by atoms with Crippen LogP contribution in [-0.2, 0) is 6.54 Å². The molecule has 2 saturated carbocycles. The van der Waals surface area contributed by atoms with Crippen LogP contribution in [0, 0.1) is 11.8 Å². The van der Waals surface area contributed by atoms with Crippen LogP contribution in [0.5, 0.6) is 11.5 Å². The van der Waals surface area contributed by atoms with Crippen molar-refractivity contribution in [3.05, 3.63) is 23.8 Å². The summed E-state index contributed by atoms with van der Waals surface area (Å²) in [4.78, 5) is 3.63. The van der Waals surface area contributed by atoms with Gasteiger partial charge in [0, 0.05) is 17.9 Å². The summed E-state index contributed by atoms with van der Waals surface area (Å²) >= 11 is 0. The van der Waals surface area contributed by atoms with Crippen LogP contribution in [0.1, 0.15) is 31.2 Å². The fraction of sp³-hybridized carbons (Fsp3) is 0.700. The van der Waals surface area contributed by atoms with E-state index in [9.17, 15) is 0 Å². The Kier molecular flexibility index (Phi) is 4.68. The van der Waals surface area contributed by atoms with Crippen LogP contribution >= 0.6 is 0 Å². The summed E-state index contributed by atoms with van der Waals surface area (Å²) in [6.45, 7) is 6.42. The van der Waals surface area contributed by atoms with E-state index in [1.807, 2.05) is 11.0 Å². The second-order valence-electron chi connectivity index (χ2n) is 8.06. The number of rotatable bonds is 5. The minimum Gasteiger partial charge on any atom is -0.493 e. The summed E-state index contributed by atoms with van der Waals surface area (Å²) in [5.41, 5.74) is 1.35. The van der Waals surface area contributed by atoms with Crippen molar-refractivity contribution in [3.8, 4) is 11.5 Å². The molecule has 4 nitrogen and oxygen atoms in total. The second-order valence-corrected chi connectivity index (χ2v) is 8.06. The molecule has 2 N–H and O–H groups in total. The molecule has 1 aliphatic heterocycles. The van der Waals surface area contributed by atoms with Gasteiger partial charge in [0.05, 0.1) is 20.3 Å². The monoisotopic (exact) mass is 332 g/mol. The van der Waals surface area contributed by atoms with E-state index in [0.717, 1.165) is 35.9 Å². The molecule has 0 unspecified atom stereocenters. The highest BCUT2D eigenvalue weighted by molar-refractivity contribution is 5.42. The van der Waals surface area contributed by atoms with Crippen LogP contribution in [0.3, 0.4) is 0 Å². The van der Waals surface area contributed by atoms with Crippen molar-refractivity contribution in [2.75, 3.05) is 40.4 Å². The Hall–Kier alpha value is -1.26. The molecule has 2 aliphatic carbocycles. The molecular formula is C20H32N2O2+2. The summed E-state index contributed by atoms with van der Waals surface area (Å²) in [7, 11) is 3.41. The van der Waals surface area contributed by atoms with Gasteiger partial charge in [-0.15, -0.1) is 0 Å². The van der Waals surface area contributed by atoms with Crippen molar-refractivity contribution in [1.82, 2.24) is 0 Å². The predicted molar refractivity (Wildman–Crippen MR) is 93.9 cm³/mol. The Labute approximate surface area is 145 Å². The highest BCUT2D eigenvalue weighted by Gasteiger charge is 2.46. The third-order valence-corrected chi connectivity index (χ3v) is 6.76. The quantitative estimate of drug-likeness (QED) is 0.805. The molecule has 3 atom stereocenters. The zero-order chi connectivity index (χ0) is 16.5. The third kappa shape index (κ3) is 3.14. The second kappa shape index (κ2) is 6.93. The minimum absolute atomic E-state index is 0.821. The minimum atomic E-state index is 0.821. The Morgan fingerprint density at radius 1 is 0.958 bits per heavy atom. The highest BCUT2D eigenvalue weighted by atomic mass is 16.5. The van der Waals surface area contributed by atoms with Gasteiger partial charge in [-0.05, 0) is 43.4 Å². The number of quaternary nitrogens is 2. The van der Waals surface area contributed by atoms with Crippen molar-refractivity contribution in [3.63, 3.8) is 0 Å². The smallest absolute Gasteiger partial charge is 0.161 e. The number of fused-ring (bicyclic) bond motifs is 2. The molecule has 132 valence electrons. The first-order valence-corrected chi connectivity index (χ1v) is 9.66. The maximum atomic E-state index is 5.44. The Bertz CT molecular complexity index is 569. The van der Waals surface area contributed by atoms with E-state index in [1.54, 1.807) is 19.1 Å². The average molecular weight is 332 g/mol. The van der Waals surface area contributed by atoms with Gasteiger partial charge in [0.15, 0.2) is 11.5 Å². The number of hydrogen-bond donors (Lipinski definition) is 2. The van der Waals surface area contributed by atoms with E-state index in [2.05, 4.69) is 12.1 Å². The lowest BCUT2D eigenvalue weighted by Crippen LogP contribution is -3.29. The standard InChI is InChI=1S/C20H30N2O2/c1-23-19-6-4-16(13-20(19)24-2)14-21-7-9-22(10-8-21)18-12-15-3-5-17(18)11-15/h4,6,13,15,17-18H,3,5,7-12,14H2,1-2H3/p+2/t15-,17+,18+/m1/s1. The fourth-order valence-electron chi connectivity index (χ4n) is 5.50. The Morgan fingerprint density at radius 2 is 1.75 bits per heavy atom. The molecule has 0 aromatic heterocycles. The largest absolute Gasteiger partial charge is 0.493 e. The zero-order valence-corrected chi connectivity index (χ0v) is 15.1. The molecule has 0 radical (unpaired) electrons. The summed E-state index contributed by atoms with van der Waals surface area (Å²) in [6.07, 6.45) is 6.09. The molecule has 1 heterocycles. The number of piperazine rings is 1. The lowest BCUT2D eigenvalue weighted by atomic mass is 9.93. The molecule has 1 aromatic rings. The number of hydrogen-bond acceptors (Lipinski definition) is 2. The van der Waals surface area contributed by atoms with Gasteiger partial charge in [0.2, 0.25) is 0 Å². The van der Waals surface area contributed by atoms with Crippen LogP contribution in [0.4, 0.5) is 0 Å². The molecular weight excluding hydrogens is 300 g/mol. The highest BCUT2D eigenvalue weighted by Crippen LogP contribution is 2.43. The lowest BCUT2D eigenvalue weighted by Gasteiger charge is -2.36. The van der Waals surface area contributed by atoms with Crippen molar-refractivity contribution < 1.29 is 19.3 Å². The summed E-state index contributed by atoms with van der Waals surface area (Å²) in [6, 6.07) is 7.35. The maximum absolute atomic E-state index is 5.44. The molecule has 2 bridgehead atoms. The first-order valence-electron chi connectivity index (χ1n) is 9.66. The van der Waals surface area contributed by atoms with Crippen LogP contribution in [0.15, 0.2) is 18.2 Å². The topological polar surface area (TPSA) is 27.3 Å². The van der Waals surface area contributed by atoms with Gasteiger partial charge in [-0.3, -0.25) is 0 Å². The van der Waals surface area contributed by atoms with E-state index in [4.69, 9.17) is 9.47 Å². The van der Waals surface area contributed by atoms with E-state index in [-0.39, 0.29) is 0 Å². The number of nitrogens with one attached hydrogen (secondary N) is 2. The van der Waals surface area contributed by atoms with Gasteiger partial charge in [0.1, 0.15) is 32.7 Å². The SMILES string of the molecule is COc1ccc(C[NH+]2CC[NH+]([C@H]3C[C@@H]4CC[C@H]3C4)CC2)cc1OC. The lowest BCUT2D eigenvalue weighted by molar-refractivity contribution is -1.03. The Morgan fingerprint density at radius 3 is 2.38 bits per heavy atom. The third-order valence-electron chi connectivity index (χ3n) is 6.76. The summed E-state index contributed by atoms with van der Waals surface area (Å²) in [5, 5.41) is 0. The maximum Gasteiger partial charge on any atom is 0.161 e. The molecule has 3 aliphatic rings. The van der Waals surface area contributed by atoms with Gasteiger partial charge >= 0.3 is 0 Å². The van der Waals surface area contributed by atoms with Gasteiger partial charge in [-0.25, -0.2) is 0 Å². The number of methoxy groups -OCH3 is 2. The molecule has 24 heavy (non-hydrogen) atoms. The van der Waals surface area contributed by atoms with Crippen molar-refractivity contribution in [1.29, 1.82) is 0 Å². The van der Waals surface area contributed by atoms with Gasteiger partial charge in [0.25, 0.3) is 0 Å². The van der Waals surface area contributed by atoms with Gasteiger partial charge in [-0.2, -0.15) is 0 Å². The van der Waals surface area contributed by atoms with E-state index in [0.29, 0.717) is 0 Å². The summed E-state index contributed by atoms with van der Waals surface area (Å²) in [5.74, 6) is 3.80.